The SMILES string of the molecule is CC1CCN(C(=O)c2ccc(C(=O)N3CCN(C=O)CC3)cc2)CC1. The number of piperazine rings is 1. The summed E-state index contributed by atoms with van der Waals surface area (Å²) in [6.07, 6.45) is 2.92. The first-order valence-electron chi connectivity index (χ1n) is 8.96. The third kappa shape index (κ3) is 4.00. The molecule has 2 saturated heterocycles. The molecule has 2 heterocycles. The fraction of sp³-hybridized carbons (Fsp3) is 0.526. The van der Waals surface area contributed by atoms with Crippen molar-refractivity contribution in [3.8, 4) is 0 Å². The van der Waals surface area contributed by atoms with Gasteiger partial charge in [-0.25, -0.2) is 0 Å². The molecule has 0 atom stereocenters. The molecule has 1 aromatic carbocycles. The van der Waals surface area contributed by atoms with Crippen molar-refractivity contribution in [1.29, 1.82) is 0 Å². The third-order valence-electron chi connectivity index (χ3n) is 5.20. The van der Waals surface area contributed by atoms with Crippen molar-refractivity contribution in [2.24, 2.45) is 5.92 Å². The van der Waals surface area contributed by atoms with E-state index in [-0.39, 0.29) is 11.8 Å². The second kappa shape index (κ2) is 7.68. The van der Waals surface area contributed by atoms with Crippen LogP contribution >= 0.6 is 0 Å². The zero-order valence-corrected chi connectivity index (χ0v) is 14.7. The van der Waals surface area contributed by atoms with Crippen LogP contribution in [0, 0.1) is 5.92 Å². The molecule has 134 valence electrons. The number of hydrogen-bond donors (Lipinski definition) is 0. The van der Waals surface area contributed by atoms with Crippen molar-refractivity contribution in [3.63, 3.8) is 0 Å². The highest BCUT2D eigenvalue weighted by Crippen LogP contribution is 2.19. The van der Waals surface area contributed by atoms with Crippen molar-refractivity contribution in [2.75, 3.05) is 39.3 Å². The van der Waals surface area contributed by atoms with E-state index in [0.29, 0.717) is 43.2 Å². The lowest BCUT2D eigenvalue weighted by atomic mass is 9.98. The van der Waals surface area contributed by atoms with Crippen molar-refractivity contribution >= 4 is 18.2 Å². The van der Waals surface area contributed by atoms with Gasteiger partial charge in [-0.1, -0.05) is 6.92 Å². The summed E-state index contributed by atoms with van der Waals surface area (Å²) in [6.45, 7) is 6.06. The molecule has 0 spiro atoms. The Labute approximate surface area is 148 Å². The smallest absolute Gasteiger partial charge is 0.253 e. The lowest BCUT2D eigenvalue weighted by Crippen LogP contribution is -2.48. The van der Waals surface area contributed by atoms with Crippen molar-refractivity contribution < 1.29 is 14.4 Å². The van der Waals surface area contributed by atoms with Crippen LogP contribution < -0.4 is 0 Å². The monoisotopic (exact) mass is 343 g/mol. The third-order valence-corrected chi connectivity index (χ3v) is 5.20. The molecule has 6 heteroatoms. The number of benzene rings is 1. The minimum absolute atomic E-state index is 0.0451. The fourth-order valence-corrected chi connectivity index (χ4v) is 3.36. The zero-order valence-electron chi connectivity index (χ0n) is 14.7. The van der Waals surface area contributed by atoms with Gasteiger partial charge in [0.05, 0.1) is 0 Å². The maximum Gasteiger partial charge on any atom is 0.253 e. The summed E-state index contributed by atoms with van der Waals surface area (Å²) < 4.78 is 0. The second-order valence-corrected chi connectivity index (χ2v) is 6.99. The standard InChI is InChI=1S/C19H25N3O3/c1-15-6-8-21(9-7-15)18(24)16-2-4-17(5-3-16)19(25)22-12-10-20(14-23)11-13-22/h2-5,14-15H,6-13H2,1H3. The van der Waals surface area contributed by atoms with Crippen molar-refractivity contribution in [2.45, 2.75) is 19.8 Å². The van der Waals surface area contributed by atoms with Crippen LogP contribution in [0.4, 0.5) is 0 Å². The summed E-state index contributed by atoms with van der Waals surface area (Å²) in [5.74, 6) is 0.686. The van der Waals surface area contributed by atoms with Gasteiger partial charge in [0, 0.05) is 50.4 Å². The molecule has 0 N–H and O–H groups in total. The molecule has 3 rings (SSSR count). The molecule has 3 amide bonds. The molecule has 6 nitrogen and oxygen atoms in total. The van der Waals surface area contributed by atoms with Crippen LogP contribution in [-0.4, -0.2) is 72.2 Å². The van der Waals surface area contributed by atoms with Crippen LogP contribution in [0.25, 0.3) is 0 Å². The quantitative estimate of drug-likeness (QED) is 0.781. The lowest BCUT2D eigenvalue weighted by Gasteiger charge is -2.32. The largest absolute Gasteiger partial charge is 0.342 e. The Hall–Kier alpha value is -2.37. The van der Waals surface area contributed by atoms with Gasteiger partial charge in [0.2, 0.25) is 6.41 Å². The summed E-state index contributed by atoms with van der Waals surface area (Å²) in [7, 11) is 0. The molecule has 0 aromatic heterocycles. The fourth-order valence-electron chi connectivity index (χ4n) is 3.36. The molecule has 0 radical (unpaired) electrons. The Morgan fingerprint density at radius 1 is 0.840 bits per heavy atom. The van der Waals surface area contributed by atoms with E-state index in [1.807, 2.05) is 4.90 Å². The van der Waals surface area contributed by atoms with E-state index >= 15 is 0 Å². The minimum Gasteiger partial charge on any atom is -0.342 e. The van der Waals surface area contributed by atoms with Gasteiger partial charge in [0.1, 0.15) is 0 Å². The molecule has 0 aliphatic carbocycles. The van der Waals surface area contributed by atoms with E-state index in [2.05, 4.69) is 6.92 Å². The molecule has 2 fully saturated rings. The van der Waals surface area contributed by atoms with Gasteiger partial charge >= 0.3 is 0 Å². The minimum atomic E-state index is -0.0451. The van der Waals surface area contributed by atoms with Crippen LogP contribution in [0.5, 0.6) is 0 Å². The first-order chi connectivity index (χ1) is 12.1. The van der Waals surface area contributed by atoms with E-state index in [1.54, 1.807) is 34.1 Å². The first kappa shape index (κ1) is 17.5. The van der Waals surface area contributed by atoms with Crippen LogP contribution in [0.2, 0.25) is 0 Å². The second-order valence-electron chi connectivity index (χ2n) is 6.99. The molecular formula is C19H25N3O3. The Balaban J connectivity index is 1.61. The highest BCUT2D eigenvalue weighted by atomic mass is 16.2. The summed E-state index contributed by atoms with van der Waals surface area (Å²) in [5, 5.41) is 0. The van der Waals surface area contributed by atoms with Crippen LogP contribution in [-0.2, 0) is 4.79 Å². The Bertz CT molecular complexity index is 628. The number of piperidine rings is 1. The molecule has 2 aliphatic rings. The van der Waals surface area contributed by atoms with Gasteiger partial charge in [-0.05, 0) is 43.0 Å². The van der Waals surface area contributed by atoms with Gasteiger partial charge in [-0.2, -0.15) is 0 Å². The van der Waals surface area contributed by atoms with E-state index in [9.17, 15) is 14.4 Å². The summed E-state index contributed by atoms with van der Waals surface area (Å²) in [6, 6.07) is 6.95. The molecular weight excluding hydrogens is 318 g/mol. The Morgan fingerprint density at radius 3 is 1.72 bits per heavy atom. The van der Waals surface area contributed by atoms with Crippen LogP contribution in [0.1, 0.15) is 40.5 Å². The summed E-state index contributed by atoms with van der Waals surface area (Å²) in [4.78, 5) is 41.2. The molecule has 1 aromatic rings. The van der Waals surface area contributed by atoms with Gasteiger partial charge in [-0.3, -0.25) is 14.4 Å². The number of rotatable bonds is 3. The lowest BCUT2D eigenvalue weighted by molar-refractivity contribution is -0.119. The van der Waals surface area contributed by atoms with Crippen LogP contribution in [0.15, 0.2) is 24.3 Å². The molecule has 0 unspecified atom stereocenters. The molecule has 25 heavy (non-hydrogen) atoms. The first-order valence-corrected chi connectivity index (χ1v) is 8.96. The van der Waals surface area contributed by atoms with Crippen molar-refractivity contribution in [1.82, 2.24) is 14.7 Å². The summed E-state index contributed by atoms with van der Waals surface area (Å²) >= 11 is 0. The predicted octanol–water partition coefficient (Wildman–Crippen LogP) is 1.47. The predicted molar refractivity (Wildman–Crippen MR) is 94.3 cm³/mol. The van der Waals surface area contributed by atoms with E-state index < -0.39 is 0 Å². The van der Waals surface area contributed by atoms with Gasteiger partial charge < -0.3 is 14.7 Å². The Kier molecular flexibility index (Phi) is 5.36. The van der Waals surface area contributed by atoms with Crippen LogP contribution in [0.3, 0.4) is 0 Å². The number of carbonyl (C=O) groups is 3. The number of nitrogens with zero attached hydrogens (tertiary/aromatic N) is 3. The Morgan fingerprint density at radius 2 is 1.28 bits per heavy atom. The maximum absolute atomic E-state index is 12.6. The van der Waals surface area contributed by atoms with Crippen molar-refractivity contribution in [3.05, 3.63) is 35.4 Å². The summed E-state index contributed by atoms with van der Waals surface area (Å²) in [5.41, 5.74) is 1.22. The highest BCUT2D eigenvalue weighted by Gasteiger charge is 2.23. The maximum atomic E-state index is 12.6. The van der Waals surface area contributed by atoms with Gasteiger partial charge in [0.25, 0.3) is 11.8 Å². The molecule has 2 aliphatic heterocycles. The van der Waals surface area contributed by atoms with E-state index in [4.69, 9.17) is 0 Å². The molecule has 0 bridgehead atoms. The van der Waals surface area contributed by atoms with E-state index in [0.717, 1.165) is 32.3 Å². The topological polar surface area (TPSA) is 60.9 Å². The number of carbonyl (C=O) groups excluding carboxylic acids is 3. The molecule has 0 saturated carbocycles. The van der Waals surface area contributed by atoms with Gasteiger partial charge in [0.15, 0.2) is 0 Å². The van der Waals surface area contributed by atoms with E-state index in [1.165, 1.54) is 0 Å². The normalized spacial score (nSPS) is 19.0. The average Bonchev–Trinajstić information content (AvgIpc) is 2.67. The zero-order chi connectivity index (χ0) is 17.8. The number of likely N-dealkylation sites (tertiary alicyclic amines) is 1. The highest BCUT2D eigenvalue weighted by molar-refractivity contribution is 5.98. The number of amides is 3. The van der Waals surface area contributed by atoms with Gasteiger partial charge in [-0.15, -0.1) is 0 Å². The number of hydrogen-bond acceptors (Lipinski definition) is 3. The average molecular weight is 343 g/mol.